The monoisotopic (exact) mass is 218 g/mol. The Balaban J connectivity index is 2.10. The van der Waals surface area contributed by atoms with E-state index in [1.54, 1.807) is 0 Å². The van der Waals surface area contributed by atoms with Crippen LogP contribution in [0.25, 0.3) is 0 Å². The zero-order chi connectivity index (χ0) is 11.4. The number of rotatable bonds is 3. The largest absolute Gasteiger partial charge is 0.326 e. The Morgan fingerprint density at radius 1 is 1.31 bits per heavy atom. The molecule has 0 aromatic heterocycles. The van der Waals surface area contributed by atoms with E-state index in [0.717, 1.165) is 17.7 Å². The molecular formula is C11H14N4O. The van der Waals surface area contributed by atoms with Crippen molar-refractivity contribution in [1.29, 1.82) is 0 Å². The SMILES string of the molecule is NCc1ccc(N2CCN(C=O)C=N2)cc1. The predicted octanol–water partition coefficient (Wildman–Crippen LogP) is 0.367. The molecule has 0 aliphatic carbocycles. The number of carbonyl (C=O) groups is 1. The van der Waals surface area contributed by atoms with E-state index in [0.29, 0.717) is 19.6 Å². The molecular weight excluding hydrogens is 204 g/mol. The summed E-state index contributed by atoms with van der Waals surface area (Å²) in [5, 5.41) is 6.04. The zero-order valence-corrected chi connectivity index (χ0v) is 8.91. The van der Waals surface area contributed by atoms with E-state index in [9.17, 15) is 4.79 Å². The fraction of sp³-hybridized carbons (Fsp3) is 0.273. The van der Waals surface area contributed by atoms with Gasteiger partial charge in [-0.1, -0.05) is 12.1 Å². The highest BCUT2D eigenvalue weighted by molar-refractivity contribution is 5.74. The van der Waals surface area contributed by atoms with Crippen molar-refractivity contribution < 1.29 is 4.79 Å². The van der Waals surface area contributed by atoms with Crippen LogP contribution in [-0.4, -0.2) is 30.7 Å². The van der Waals surface area contributed by atoms with E-state index in [4.69, 9.17) is 5.73 Å². The Bertz CT molecular complexity index is 387. The molecule has 1 aromatic rings. The third-order valence-electron chi connectivity index (χ3n) is 2.51. The highest BCUT2D eigenvalue weighted by atomic mass is 16.1. The number of anilines is 1. The van der Waals surface area contributed by atoms with Crippen LogP contribution >= 0.6 is 0 Å². The van der Waals surface area contributed by atoms with Crippen molar-refractivity contribution in [2.75, 3.05) is 18.1 Å². The summed E-state index contributed by atoms with van der Waals surface area (Å²) >= 11 is 0. The van der Waals surface area contributed by atoms with Crippen molar-refractivity contribution in [3.8, 4) is 0 Å². The molecule has 1 amide bonds. The number of carbonyl (C=O) groups excluding carboxylic acids is 1. The summed E-state index contributed by atoms with van der Waals surface area (Å²) in [4.78, 5) is 12.0. The van der Waals surface area contributed by atoms with Crippen LogP contribution in [0.1, 0.15) is 5.56 Å². The van der Waals surface area contributed by atoms with Crippen molar-refractivity contribution >= 4 is 18.4 Å². The molecule has 0 saturated heterocycles. The van der Waals surface area contributed by atoms with Crippen molar-refractivity contribution in [3.63, 3.8) is 0 Å². The lowest BCUT2D eigenvalue weighted by molar-refractivity contribution is -0.114. The molecule has 2 N–H and O–H groups in total. The molecule has 5 heteroatoms. The fourth-order valence-electron chi connectivity index (χ4n) is 1.53. The van der Waals surface area contributed by atoms with E-state index in [1.807, 2.05) is 29.3 Å². The fourth-order valence-corrected chi connectivity index (χ4v) is 1.53. The van der Waals surface area contributed by atoms with Crippen LogP contribution in [0.3, 0.4) is 0 Å². The quantitative estimate of drug-likeness (QED) is 0.745. The maximum absolute atomic E-state index is 10.5. The highest BCUT2D eigenvalue weighted by Crippen LogP contribution is 2.16. The Kier molecular flexibility index (Phi) is 3.16. The van der Waals surface area contributed by atoms with E-state index < -0.39 is 0 Å². The normalized spacial score (nSPS) is 15.3. The molecule has 0 spiro atoms. The van der Waals surface area contributed by atoms with Gasteiger partial charge in [-0.05, 0) is 17.7 Å². The van der Waals surface area contributed by atoms with Gasteiger partial charge >= 0.3 is 0 Å². The summed E-state index contributed by atoms with van der Waals surface area (Å²) in [6.45, 7) is 1.91. The Hall–Kier alpha value is -1.88. The van der Waals surface area contributed by atoms with Crippen LogP contribution in [0, 0.1) is 0 Å². The number of amides is 1. The third-order valence-corrected chi connectivity index (χ3v) is 2.51. The number of nitrogens with zero attached hydrogens (tertiary/aromatic N) is 3. The minimum absolute atomic E-state index is 0.544. The number of hydrogen-bond acceptors (Lipinski definition) is 4. The smallest absolute Gasteiger partial charge is 0.214 e. The summed E-state index contributed by atoms with van der Waals surface area (Å²) in [7, 11) is 0. The van der Waals surface area contributed by atoms with Gasteiger partial charge in [-0.25, -0.2) is 0 Å². The van der Waals surface area contributed by atoms with E-state index in [1.165, 1.54) is 11.2 Å². The second kappa shape index (κ2) is 4.76. The van der Waals surface area contributed by atoms with E-state index >= 15 is 0 Å². The lowest BCUT2D eigenvalue weighted by Crippen LogP contribution is -2.36. The summed E-state index contributed by atoms with van der Waals surface area (Å²) in [5.74, 6) is 0. The first-order chi connectivity index (χ1) is 7.83. The Morgan fingerprint density at radius 3 is 2.56 bits per heavy atom. The van der Waals surface area contributed by atoms with Crippen LogP contribution in [-0.2, 0) is 11.3 Å². The molecule has 0 bridgehead atoms. The number of nitrogens with two attached hydrogens (primary N) is 1. The zero-order valence-electron chi connectivity index (χ0n) is 8.91. The van der Waals surface area contributed by atoms with Crippen LogP contribution in [0.5, 0.6) is 0 Å². The van der Waals surface area contributed by atoms with Crippen molar-refractivity contribution in [2.24, 2.45) is 10.8 Å². The number of benzene rings is 1. The van der Waals surface area contributed by atoms with Gasteiger partial charge in [0.25, 0.3) is 0 Å². The number of hydrazone groups is 1. The molecule has 1 aliphatic heterocycles. The summed E-state index contributed by atoms with van der Waals surface area (Å²) in [5.41, 5.74) is 7.64. The summed E-state index contributed by atoms with van der Waals surface area (Å²) < 4.78 is 0. The van der Waals surface area contributed by atoms with Gasteiger partial charge in [0.15, 0.2) is 0 Å². The molecule has 1 aliphatic rings. The summed E-state index contributed by atoms with van der Waals surface area (Å²) in [6.07, 6.45) is 2.31. The van der Waals surface area contributed by atoms with Gasteiger partial charge in [0.2, 0.25) is 6.41 Å². The predicted molar refractivity (Wildman–Crippen MR) is 62.9 cm³/mol. The maximum atomic E-state index is 10.5. The van der Waals surface area contributed by atoms with Crippen LogP contribution < -0.4 is 10.7 Å². The third kappa shape index (κ3) is 2.20. The molecule has 0 saturated carbocycles. The molecule has 5 nitrogen and oxygen atoms in total. The van der Waals surface area contributed by atoms with Gasteiger partial charge in [-0.3, -0.25) is 9.80 Å². The minimum atomic E-state index is 0.544. The molecule has 0 radical (unpaired) electrons. The first-order valence-electron chi connectivity index (χ1n) is 5.15. The van der Waals surface area contributed by atoms with Gasteiger partial charge in [-0.2, -0.15) is 5.10 Å². The van der Waals surface area contributed by atoms with Gasteiger partial charge in [0, 0.05) is 13.1 Å². The van der Waals surface area contributed by atoms with Crippen LogP contribution in [0.4, 0.5) is 5.69 Å². The average molecular weight is 218 g/mol. The highest BCUT2D eigenvalue weighted by Gasteiger charge is 2.11. The minimum Gasteiger partial charge on any atom is -0.326 e. The maximum Gasteiger partial charge on any atom is 0.214 e. The molecule has 0 fully saturated rings. The lowest BCUT2D eigenvalue weighted by Gasteiger charge is -2.26. The molecule has 1 heterocycles. The Morgan fingerprint density at radius 2 is 2.06 bits per heavy atom. The van der Waals surface area contributed by atoms with Crippen molar-refractivity contribution in [1.82, 2.24) is 4.90 Å². The summed E-state index contributed by atoms with van der Waals surface area (Å²) in [6, 6.07) is 7.93. The van der Waals surface area contributed by atoms with Crippen LogP contribution in [0.15, 0.2) is 29.4 Å². The van der Waals surface area contributed by atoms with Gasteiger partial charge in [-0.15, -0.1) is 0 Å². The second-order valence-electron chi connectivity index (χ2n) is 3.57. The van der Waals surface area contributed by atoms with Crippen molar-refractivity contribution in [2.45, 2.75) is 6.54 Å². The van der Waals surface area contributed by atoms with Gasteiger partial charge in [0.05, 0.1) is 12.2 Å². The standard InChI is InChI=1S/C11H14N4O/c12-7-10-1-3-11(4-2-10)15-6-5-14(9-16)8-13-15/h1-4,8-9H,5-7,12H2. The first-order valence-corrected chi connectivity index (χ1v) is 5.15. The average Bonchev–Trinajstić information content (AvgIpc) is 2.39. The molecule has 2 rings (SSSR count). The van der Waals surface area contributed by atoms with Crippen LogP contribution in [0.2, 0.25) is 0 Å². The lowest BCUT2D eigenvalue weighted by atomic mass is 10.2. The molecule has 84 valence electrons. The second-order valence-corrected chi connectivity index (χ2v) is 3.57. The topological polar surface area (TPSA) is 61.9 Å². The first kappa shape index (κ1) is 10.6. The van der Waals surface area contributed by atoms with Gasteiger partial charge < -0.3 is 10.6 Å². The van der Waals surface area contributed by atoms with E-state index in [-0.39, 0.29) is 0 Å². The molecule has 0 unspecified atom stereocenters. The molecule has 0 atom stereocenters. The Labute approximate surface area is 94.1 Å². The van der Waals surface area contributed by atoms with E-state index in [2.05, 4.69) is 5.10 Å². The molecule has 1 aromatic carbocycles. The molecule has 16 heavy (non-hydrogen) atoms. The van der Waals surface area contributed by atoms with Gasteiger partial charge in [0.1, 0.15) is 6.34 Å². The van der Waals surface area contributed by atoms with Crippen molar-refractivity contribution in [3.05, 3.63) is 29.8 Å². The number of hydrogen-bond donors (Lipinski definition) is 1.